The van der Waals surface area contributed by atoms with E-state index in [0.717, 1.165) is 0 Å². The van der Waals surface area contributed by atoms with E-state index in [-0.39, 0.29) is 4.90 Å². The van der Waals surface area contributed by atoms with Gasteiger partial charge >= 0.3 is 5.97 Å². The number of esters is 1. The van der Waals surface area contributed by atoms with E-state index in [0.29, 0.717) is 23.4 Å². The number of para-hydroxylation sites is 1. The van der Waals surface area contributed by atoms with E-state index in [9.17, 15) is 13.2 Å². The second-order valence-electron chi connectivity index (χ2n) is 4.98. The molecule has 6 heteroatoms. The lowest BCUT2D eigenvalue weighted by atomic mass is 10.1. The molecule has 0 aliphatic carbocycles. The van der Waals surface area contributed by atoms with Gasteiger partial charge in [0.15, 0.2) is 0 Å². The second-order valence-corrected chi connectivity index (χ2v) is 6.81. The normalized spacial score (nSPS) is 11.1. The predicted molar refractivity (Wildman–Crippen MR) is 89.2 cm³/mol. The molecule has 2 aromatic rings. The molecular formula is C17H19NO4S. The maximum absolute atomic E-state index is 12.9. The summed E-state index contributed by atoms with van der Waals surface area (Å²) in [6.45, 7) is 3.76. The van der Waals surface area contributed by atoms with Gasteiger partial charge < -0.3 is 4.74 Å². The van der Waals surface area contributed by atoms with Crippen molar-refractivity contribution in [3.8, 4) is 0 Å². The number of aryl methyl sites for hydroxylation is 1. The highest BCUT2D eigenvalue weighted by Gasteiger charge is 2.25. The van der Waals surface area contributed by atoms with Gasteiger partial charge in [-0.15, -0.1) is 0 Å². The monoisotopic (exact) mass is 333 g/mol. The summed E-state index contributed by atoms with van der Waals surface area (Å²) in [5.74, 6) is -0.493. The van der Waals surface area contributed by atoms with Gasteiger partial charge in [0.25, 0.3) is 10.0 Å². The summed E-state index contributed by atoms with van der Waals surface area (Å²) >= 11 is 0. The fraction of sp³-hybridized carbons (Fsp3) is 0.235. The Balaban J connectivity index is 2.49. The van der Waals surface area contributed by atoms with E-state index < -0.39 is 16.0 Å². The third-order valence-electron chi connectivity index (χ3n) is 3.50. The summed E-state index contributed by atoms with van der Waals surface area (Å²) in [5.41, 5.74) is 1.43. The smallest absolute Gasteiger partial charge is 0.337 e. The molecule has 0 aliphatic rings. The molecule has 0 saturated carbocycles. The van der Waals surface area contributed by atoms with Gasteiger partial charge in [0, 0.05) is 6.54 Å². The second kappa shape index (κ2) is 6.83. The Morgan fingerprint density at radius 2 is 1.78 bits per heavy atom. The molecule has 0 N–H and O–H groups in total. The number of hydrogen-bond acceptors (Lipinski definition) is 4. The SMILES string of the molecule is CCN(c1ccccc1)S(=O)(=O)c1ccc(C(=O)OC)cc1C. The van der Waals surface area contributed by atoms with Gasteiger partial charge in [0.2, 0.25) is 0 Å². The molecule has 0 aromatic heterocycles. The largest absolute Gasteiger partial charge is 0.465 e. The minimum absolute atomic E-state index is 0.177. The Hall–Kier alpha value is -2.34. The summed E-state index contributed by atoms with van der Waals surface area (Å²) in [6.07, 6.45) is 0. The Labute approximate surface area is 136 Å². The van der Waals surface area contributed by atoms with Gasteiger partial charge in [-0.1, -0.05) is 18.2 Å². The molecule has 122 valence electrons. The van der Waals surface area contributed by atoms with Crippen molar-refractivity contribution in [1.82, 2.24) is 0 Å². The van der Waals surface area contributed by atoms with Crippen molar-refractivity contribution in [1.29, 1.82) is 0 Å². The zero-order valence-electron chi connectivity index (χ0n) is 13.3. The minimum Gasteiger partial charge on any atom is -0.465 e. The highest BCUT2D eigenvalue weighted by Crippen LogP contribution is 2.26. The molecule has 0 aliphatic heterocycles. The van der Waals surface area contributed by atoms with Gasteiger partial charge in [-0.05, 0) is 49.7 Å². The Morgan fingerprint density at radius 3 is 2.30 bits per heavy atom. The van der Waals surface area contributed by atoms with Crippen molar-refractivity contribution in [2.45, 2.75) is 18.7 Å². The van der Waals surface area contributed by atoms with Crippen molar-refractivity contribution >= 4 is 21.7 Å². The summed E-state index contributed by atoms with van der Waals surface area (Å²) in [7, 11) is -2.41. The number of sulfonamides is 1. The topological polar surface area (TPSA) is 63.7 Å². The highest BCUT2D eigenvalue weighted by atomic mass is 32.2. The molecule has 23 heavy (non-hydrogen) atoms. The number of rotatable bonds is 5. The van der Waals surface area contributed by atoms with Crippen molar-refractivity contribution in [3.05, 3.63) is 59.7 Å². The lowest BCUT2D eigenvalue weighted by molar-refractivity contribution is 0.0600. The van der Waals surface area contributed by atoms with Crippen LogP contribution in [0, 0.1) is 6.92 Å². The standard InChI is InChI=1S/C17H19NO4S/c1-4-18(15-8-6-5-7-9-15)23(20,21)16-11-10-14(12-13(16)2)17(19)22-3/h5-12H,4H2,1-3H3. The van der Waals surface area contributed by atoms with Gasteiger partial charge in [-0.3, -0.25) is 4.31 Å². The molecule has 0 bridgehead atoms. The van der Waals surface area contributed by atoms with Crippen LogP contribution >= 0.6 is 0 Å². The number of methoxy groups -OCH3 is 1. The van der Waals surface area contributed by atoms with E-state index in [1.807, 2.05) is 6.07 Å². The Morgan fingerprint density at radius 1 is 1.13 bits per heavy atom. The van der Waals surface area contributed by atoms with Crippen molar-refractivity contribution in [3.63, 3.8) is 0 Å². The lowest BCUT2D eigenvalue weighted by Gasteiger charge is -2.24. The predicted octanol–water partition coefficient (Wildman–Crippen LogP) is 3.00. The van der Waals surface area contributed by atoms with E-state index in [4.69, 9.17) is 0 Å². The third-order valence-corrected chi connectivity index (χ3v) is 5.56. The Kier molecular flexibility index (Phi) is 5.05. The molecule has 5 nitrogen and oxygen atoms in total. The number of carbonyl (C=O) groups is 1. The molecule has 2 rings (SSSR count). The fourth-order valence-corrected chi connectivity index (χ4v) is 4.07. The molecule has 0 spiro atoms. The average molecular weight is 333 g/mol. The van der Waals surface area contributed by atoms with E-state index in [1.165, 1.54) is 29.6 Å². The van der Waals surface area contributed by atoms with Crippen molar-refractivity contribution < 1.29 is 17.9 Å². The molecule has 0 saturated heterocycles. The third kappa shape index (κ3) is 3.37. The quantitative estimate of drug-likeness (QED) is 0.789. The number of ether oxygens (including phenoxy) is 1. The number of nitrogens with zero attached hydrogens (tertiary/aromatic N) is 1. The fourth-order valence-electron chi connectivity index (χ4n) is 2.39. The van der Waals surface area contributed by atoms with E-state index >= 15 is 0 Å². The molecule has 2 aromatic carbocycles. The molecule has 0 radical (unpaired) electrons. The zero-order chi connectivity index (χ0) is 17.0. The van der Waals surface area contributed by atoms with Gasteiger partial charge in [0.05, 0.1) is 23.3 Å². The van der Waals surface area contributed by atoms with Crippen LogP contribution in [0.3, 0.4) is 0 Å². The van der Waals surface area contributed by atoms with E-state index in [1.54, 1.807) is 38.1 Å². The average Bonchev–Trinajstić information content (AvgIpc) is 2.55. The van der Waals surface area contributed by atoms with Crippen molar-refractivity contribution in [2.75, 3.05) is 18.0 Å². The van der Waals surface area contributed by atoms with Crippen LogP contribution in [0.15, 0.2) is 53.4 Å². The molecule has 0 heterocycles. The van der Waals surface area contributed by atoms with Crippen LogP contribution in [0.1, 0.15) is 22.8 Å². The highest BCUT2D eigenvalue weighted by molar-refractivity contribution is 7.92. The molecular weight excluding hydrogens is 314 g/mol. The van der Waals surface area contributed by atoms with Crippen LogP contribution in [-0.4, -0.2) is 28.0 Å². The van der Waals surface area contributed by atoms with Gasteiger partial charge in [-0.25, -0.2) is 13.2 Å². The summed E-state index contributed by atoms with van der Waals surface area (Å²) in [6, 6.07) is 13.4. The first-order chi connectivity index (χ1) is 10.9. The summed E-state index contributed by atoms with van der Waals surface area (Å²) < 4.78 is 31.9. The molecule has 0 amide bonds. The van der Waals surface area contributed by atoms with Crippen molar-refractivity contribution in [2.24, 2.45) is 0 Å². The number of carbonyl (C=O) groups excluding carboxylic acids is 1. The molecule has 0 fully saturated rings. The maximum atomic E-state index is 12.9. The number of anilines is 1. The first-order valence-corrected chi connectivity index (χ1v) is 8.62. The van der Waals surface area contributed by atoms with Crippen LogP contribution in [0.5, 0.6) is 0 Å². The summed E-state index contributed by atoms with van der Waals surface area (Å²) in [5, 5.41) is 0. The van der Waals surface area contributed by atoms with E-state index in [2.05, 4.69) is 4.74 Å². The summed E-state index contributed by atoms with van der Waals surface area (Å²) in [4.78, 5) is 11.7. The van der Waals surface area contributed by atoms with Crippen LogP contribution in [0.4, 0.5) is 5.69 Å². The van der Waals surface area contributed by atoms with Crippen LogP contribution in [0.25, 0.3) is 0 Å². The van der Waals surface area contributed by atoms with Gasteiger partial charge in [-0.2, -0.15) is 0 Å². The maximum Gasteiger partial charge on any atom is 0.337 e. The minimum atomic E-state index is -3.70. The molecule has 0 unspecified atom stereocenters. The number of hydrogen-bond donors (Lipinski definition) is 0. The molecule has 0 atom stereocenters. The zero-order valence-corrected chi connectivity index (χ0v) is 14.1. The lowest BCUT2D eigenvalue weighted by Crippen LogP contribution is -2.31. The van der Waals surface area contributed by atoms with Crippen LogP contribution < -0.4 is 4.31 Å². The van der Waals surface area contributed by atoms with Crippen LogP contribution in [-0.2, 0) is 14.8 Å². The number of benzene rings is 2. The van der Waals surface area contributed by atoms with Gasteiger partial charge in [0.1, 0.15) is 0 Å². The Bertz CT molecular complexity index is 801. The first kappa shape index (κ1) is 17.0. The first-order valence-electron chi connectivity index (χ1n) is 7.18. The van der Waals surface area contributed by atoms with Crippen LogP contribution in [0.2, 0.25) is 0 Å².